The first-order valence-corrected chi connectivity index (χ1v) is 6.18. The number of H-pyrrole nitrogens is 1. The van der Waals surface area contributed by atoms with Crippen LogP contribution in [-0.2, 0) is 11.2 Å². The van der Waals surface area contributed by atoms with Gasteiger partial charge in [0, 0.05) is 31.0 Å². The molecule has 0 aromatic carbocycles. The normalized spacial score (nSPS) is 20.9. The highest BCUT2D eigenvalue weighted by Gasteiger charge is 2.21. The van der Waals surface area contributed by atoms with Gasteiger partial charge in [-0.15, -0.1) is 0 Å². The van der Waals surface area contributed by atoms with Gasteiger partial charge in [-0.3, -0.25) is 4.79 Å². The van der Waals surface area contributed by atoms with E-state index in [0.717, 1.165) is 25.0 Å². The lowest BCUT2D eigenvalue weighted by atomic mass is 9.91. The van der Waals surface area contributed by atoms with Crippen molar-refractivity contribution >= 4 is 0 Å². The molecule has 1 heterocycles. The van der Waals surface area contributed by atoms with Crippen molar-refractivity contribution in [1.82, 2.24) is 10.3 Å². The van der Waals surface area contributed by atoms with E-state index < -0.39 is 0 Å². The molecule has 4 nitrogen and oxygen atoms in total. The SMILES string of the molecule is COCC(C)NC1CCCc2[nH]c(=O)ccc21. The maximum Gasteiger partial charge on any atom is 0.248 e. The van der Waals surface area contributed by atoms with Gasteiger partial charge >= 0.3 is 0 Å². The van der Waals surface area contributed by atoms with Crippen molar-refractivity contribution in [2.24, 2.45) is 0 Å². The molecule has 2 N–H and O–H groups in total. The van der Waals surface area contributed by atoms with Gasteiger partial charge < -0.3 is 15.0 Å². The average molecular weight is 236 g/mol. The first-order chi connectivity index (χ1) is 8.20. The van der Waals surface area contributed by atoms with Crippen LogP contribution in [0.25, 0.3) is 0 Å². The van der Waals surface area contributed by atoms with Crippen molar-refractivity contribution in [3.8, 4) is 0 Å². The molecule has 0 spiro atoms. The summed E-state index contributed by atoms with van der Waals surface area (Å²) in [5, 5.41) is 3.55. The third-order valence-electron chi connectivity index (χ3n) is 3.23. The van der Waals surface area contributed by atoms with Crippen LogP contribution in [0.2, 0.25) is 0 Å². The van der Waals surface area contributed by atoms with E-state index in [-0.39, 0.29) is 5.56 Å². The van der Waals surface area contributed by atoms with Crippen molar-refractivity contribution < 1.29 is 4.74 Å². The van der Waals surface area contributed by atoms with Crippen LogP contribution in [0, 0.1) is 0 Å². The summed E-state index contributed by atoms with van der Waals surface area (Å²) in [6.45, 7) is 2.82. The highest BCUT2D eigenvalue weighted by atomic mass is 16.5. The van der Waals surface area contributed by atoms with Crippen molar-refractivity contribution in [2.45, 2.75) is 38.3 Å². The second-order valence-electron chi connectivity index (χ2n) is 4.72. The van der Waals surface area contributed by atoms with Crippen LogP contribution < -0.4 is 10.9 Å². The van der Waals surface area contributed by atoms with Gasteiger partial charge in [-0.25, -0.2) is 0 Å². The van der Waals surface area contributed by atoms with Gasteiger partial charge in [0.25, 0.3) is 0 Å². The third-order valence-corrected chi connectivity index (χ3v) is 3.23. The summed E-state index contributed by atoms with van der Waals surface area (Å²) in [6, 6.07) is 4.22. The molecule has 4 heteroatoms. The molecular weight excluding hydrogens is 216 g/mol. The largest absolute Gasteiger partial charge is 0.383 e. The zero-order valence-electron chi connectivity index (χ0n) is 10.5. The van der Waals surface area contributed by atoms with Crippen LogP contribution in [0.3, 0.4) is 0 Å². The van der Waals surface area contributed by atoms with Crippen molar-refractivity contribution in [1.29, 1.82) is 0 Å². The zero-order valence-corrected chi connectivity index (χ0v) is 10.5. The predicted molar refractivity (Wildman–Crippen MR) is 67.2 cm³/mol. The van der Waals surface area contributed by atoms with E-state index in [1.165, 1.54) is 5.56 Å². The molecule has 2 rings (SSSR count). The Hall–Kier alpha value is -1.13. The molecule has 0 saturated carbocycles. The second kappa shape index (κ2) is 5.47. The van der Waals surface area contributed by atoms with Gasteiger partial charge in [-0.2, -0.15) is 0 Å². The first-order valence-electron chi connectivity index (χ1n) is 6.18. The van der Waals surface area contributed by atoms with Crippen LogP contribution in [0.5, 0.6) is 0 Å². The zero-order chi connectivity index (χ0) is 12.3. The number of aryl methyl sites for hydroxylation is 1. The van der Waals surface area contributed by atoms with E-state index >= 15 is 0 Å². The summed E-state index contributed by atoms with van der Waals surface area (Å²) in [5.41, 5.74) is 2.32. The van der Waals surface area contributed by atoms with Gasteiger partial charge in [-0.1, -0.05) is 6.07 Å². The molecule has 1 aromatic rings. The number of hydrogen-bond acceptors (Lipinski definition) is 3. The Morgan fingerprint density at radius 1 is 1.59 bits per heavy atom. The molecule has 94 valence electrons. The summed E-state index contributed by atoms with van der Waals surface area (Å²) in [7, 11) is 1.71. The molecule has 1 aliphatic carbocycles. The smallest absolute Gasteiger partial charge is 0.248 e. The number of pyridine rings is 1. The van der Waals surface area contributed by atoms with Gasteiger partial charge in [0.15, 0.2) is 0 Å². The minimum absolute atomic E-state index is 0.00524. The minimum Gasteiger partial charge on any atom is -0.383 e. The maximum atomic E-state index is 11.3. The van der Waals surface area contributed by atoms with Gasteiger partial charge in [-0.05, 0) is 31.7 Å². The monoisotopic (exact) mass is 236 g/mol. The Kier molecular flexibility index (Phi) is 3.97. The van der Waals surface area contributed by atoms with Gasteiger partial charge in [0.2, 0.25) is 5.56 Å². The number of methoxy groups -OCH3 is 1. The number of nitrogens with one attached hydrogen (secondary N) is 2. The molecule has 2 atom stereocenters. The van der Waals surface area contributed by atoms with Crippen molar-refractivity contribution in [3.63, 3.8) is 0 Å². The van der Waals surface area contributed by atoms with Crippen LogP contribution in [0.15, 0.2) is 16.9 Å². The highest BCUT2D eigenvalue weighted by molar-refractivity contribution is 5.26. The van der Waals surface area contributed by atoms with E-state index in [1.807, 2.05) is 6.07 Å². The fourth-order valence-electron chi connectivity index (χ4n) is 2.52. The molecule has 0 amide bonds. The summed E-state index contributed by atoms with van der Waals surface area (Å²) in [5.74, 6) is 0. The van der Waals surface area contributed by atoms with E-state index in [9.17, 15) is 4.79 Å². The fraction of sp³-hybridized carbons (Fsp3) is 0.615. The van der Waals surface area contributed by atoms with E-state index in [4.69, 9.17) is 4.74 Å². The number of rotatable bonds is 4. The quantitative estimate of drug-likeness (QED) is 0.830. The topological polar surface area (TPSA) is 54.1 Å². The fourth-order valence-corrected chi connectivity index (χ4v) is 2.52. The molecule has 0 radical (unpaired) electrons. The predicted octanol–water partition coefficient (Wildman–Crippen LogP) is 1.38. The molecule has 1 aliphatic rings. The van der Waals surface area contributed by atoms with Crippen LogP contribution in [0.1, 0.15) is 37.1 Å². The Bertz CT molecular complexity index is 428. The Balaban J connectivity index is 2.14. The number of aromatic nitrogens is 1. The second-order valence-corrected chi connectivity index (χ2v) is 4.72. The Labute approximate surface area is 101 Å². The summed E-state index contributed by atoms with van der Waals surface area (Å²) < 4.78 is 5.13. The number of ether oxygens (including phenoxy) is 1. The maximum absolute atomic E-state index is 11.3. The van der Waals surface area contributed by atoms with E-state index in [2.05, 4.69) is 17.2 Å². The van der Waals surface area contributed by atoms with Gasteiger partial charge in [0.05, 0.1) is 6.61 Å². The van der Waals surface area contributed by atoms with Crippen LogP contribution in [-0.4, -0.2) is 24.7 Å². The molecule has 0 bridgehead atoms. The van der Waals surface area contributed by atoms with Crippen LogP contribution in [0.4, 0.5) is 0 Å². The van der Waals surface area contributed by atoms with Crippen molar-refractivity contribution in [2.75, 3.05) is 13.7 Å². The summed E-state index contributed by atoms with van der Waals surface area (Å²) >= 11 is 0. The summed E-state index contributed by atoms with van der Waals surface area (Å²) in [6.07, 6.45) is 3.21. The molecule has 2 unspecified atom stereocenters. The molecule has 0 saturated heterocycles. The standard InChI is InChI=1S/C13H20N2O2/c1-9(8-17-2)14-11-4-3-5-12-10(11)6-7-13(16)15-12/h6-7,9,11,14H,3-5,8H2,1-2H3,(H,15,16). The molecular formula is C13H20N2O2. The van der Waals surface area contributed by atoms with Gasteiger partial charge in [0.1, 0.15) is 0 Å². The lowest BCUT2D eigenvalue weighted by molar-refractivity contribution is 0.164. The van der Waals surface area contributed by atoms with E-state index in [0.29, 0.717) is 18.7 Å². The van der Waals surface area contributed by atoms with E-state index in [1.54, 1.807) is 13.2 Å². The number of aromatic amines is 1. The number of fused-ring (bicyclic) bond motifs is 1. The molecule has 17 heavy (non-hydrogen) atoms. The Morgan fingerprint density at radius 2 is 2.41 bits per heavy atom. The minimum atomic E-state index is -0.00524. The van der Waals surface area contributed by atoms with Crippen molar-refractivity contribution in [3.05, 3.63) is 33.7 Å². The Morgan fingerprint density at radius 3 is 3.18 bits per heavy atom. The molecule has 0 fully saturated rings. The first kappa shape index (κ1) is 12.3. The average Bonchev–Trinajstić information content (AvgIpc) is 2.29. The number of hydrogen-bond donors (Lipinski definition) is 2. The molecule has 0 aliphatic heterocycles. The van der Waals surface area contributed by atoms with Crippen LogP contribution >= 0.6 is 0 Å². The summed E-state index contributed by atoms with van der Waals surface area (Å²) in [4.78, 5) is 14.2. The highest BCUT2D eigenvalue weighted by Crippen LogP contribution is 2.27. The lowest BCUT2D eigenvalue weighted by Gasteiger charge is -2.28. The lowest BCUT2D eigenvalue weighted by Crippen LogP contribution is -2.36. The molecule has 1 aromatic heterocycles. The third kappa shape index (κ3) is 2.96.